The molecule has 3 heteroatoms. The van der Waals surface area contributed by atoms with E-state index in [9.17, 15) is 10.4 Å². The van der Waals surface area contributed by atoms with Crippen molar-refractivity contribution in [1.29, 1.82) is 5.26 Å². The fourth-order valence-corrected chi connectivity index (χ4v) is 3.37. The molecule has 0 radical (unpaired) electrons. The molecule has 0 heterocycles. The van der Waals surface area contributed by atoms with E-state index in [1.165, 1.54) is 6.42 Å². The van der Waals surface area contributed by atoms with Crippen molar-refractivity contribution in [3.63, 3.8) is 0 Å². The van der Waals surface area contributed by atoms with Crippen LogP contribution in [0, 0.1) is 22.7 Å². The third-order valence-electron chi connectivity index (χ3n) is 4.65. The first-order valence-corrected chi connectivity index (χ1v) is 7.39. The van der Waals surface area contributed by atoms with Gasteiger partial charge in [-0.3, -0.25) is 0 Å². The van der Waals surface area contributed by atoms with Crippen LogP contribution in [0.25, 0.3) is 0 Å². The fourth-order valence-electron chi connectivity index (χ4n) is 3.37. The number of ether oxygens (including phenoxy) is 1. The minimum Gasteiger partial charge on any atom is -0.496 e. The molecule has 0 spiro atoms. The van der Waals surface area contributed by atoms with E-state index in [-0.39, 0.29) is 0 Å². The smallest absolute Gasteiger partial charge is 0.124 e. The van der Waals surface area contributed by atoms with Gasteiger partial charge in [0.15, 0.2) is 0 Å². The summed E-state index contributed by atoms with van der Waals surface area (Å²) in [5.74, 6) is 1.20. The molecule has 3 nitrogen and oxygen atoms in total. The number of hydrogen-bond acceptors (Lipinski definition) is 3. The number of para-hydroxylation sites is 1. The maximum Gasteiger partial charge on any atom is 0.124 e. The van der Waals surface area contributed by atoms with Crippen molar-refractivity contribution in [3.05, 3.63) is 29.8 Å². The molecular weight excluding hydrogens is 250 g/mol. The lowest BCUT2D eigenvalue weighted by atomic mass is 9.65. The molecule has 0 amide bonds. The van der Waals surface area contributed by atoms with Crippen LogP contribution < -0.4 is 4.74 Å². The Hall–Kier alpha value is -1.53. The van der Waals surface area contributed by atoms with Crippen LogP contribution >= 0.6 is 0 Å². The molecule has 1 aliphatic rings. The van der Waals surface area contributed by atoms with Crippen molar-refractivity contribution in [2.45, 2.75) is 45.1 Å². The number of aliphatic hydroxyl groups is 1. The van der Waals surface area contributed by atoms with Gasteiger partial charge in [-0.05, 0) is 24.8 Å². The standard InChI is InChI=1S/C17H23NO2/c1-3-13-7-6-10-17(11-13,12-18)16(19)14-8-4-5-9-15(14)20-2/h4-5,8-9,13,16,19H,3,6-7,10-11H2,1-2H3. The van der Waals surface area contributed by atoms with Gasteiger partial charge in [0.05, 0.1) is 18.6 Å². The van der Waals surface area contributed by atoms with E-state index in [0.29, 0.717) is 11.7 Å². The van der Waals surface area contributed by atoms with Crippen molar-refractivity contribution in [2.75, 3.05) is 7.11 Å². The molecule has 0 bridgehead atoms. The first kappa shape index (κ1) is 14.9. The van der Waals surface area contributed by atoms with Crippen LogP contribution in [0.3, 0.4) is 0 Å². The SMILES string of the molecule is CCC1CCCC(C#N)(C(O)c2ccccc2OC)C1. The lowest BCUT2D eigenvalue weighted by Gasteiger charge is -2.39. The van der Waals surface area contributed by atoms with Gasteiger partial charge in [-0.15, -0.1) is 0 Å². The first-order valence-electron chi connectivity index (χ1n) is 7.39. The van der Waals surface area contributed by atoms with Crippen LogP contribution in [0.2, 0.25) is 0 Å². The summed E-state index contributed by atoms with van der Waals surface area (Å²) >= 11 is 0. The lowest BCUT2D eigenvalue weighted by Crippen LogP contribution is -2.33. The number of nitrogens with zero attached hydrogens (tertiary/aromatic N) is 1. The Morgan fingerprint density at radius 2 is 2.25 bits per heavy atom. The van der Waals surface area contributed by atoms with Crippen LogP contribution in [0.4, 0.5) is 0 Å². The van der Waals surface area contributed by atoms with Crippen LogP contribution in [-0.2, 0) is 0 Å². The van der Waals surface area contributed by atoms with E-state index in [2.05, 4.69) is 13.0 Å². The summed E-state index contributed by atoms with van der Waals surface area (Å²) in [4.78, 5) is 0. The summed E-state index contributed by atoms with van der Waals surface area (Å²) in [7, 11) is 1.60. The predicted octanol–water partition coefficient (Wildman–Crippen LogP) is 3.84. The molecule has 108 valence electrons. The van der Waals surface area contributed by atoms with Crippen LogP contribution in [0.5, 0.6) is 5.75 Å². The topological polar surface area (TPSA) is 53.2 Å². The Morgan fingerprint density at radius 1 is 1.50 bits per heavy atom. The van der Waals surface area contributed by atoms with Gasteiger partial charge in [0.1, 0.15) is 11.9 Å². The number of hydrogen-bond donors (Lipinski definition) is 1. The number of aliphatic hydroxyl groups excluding tert-OH is 1. The molecular formula is C17H23NO2. The molecule has 0 aliphatic heterocycles. The highest BCUT2D eigenvalue weighted by molar-refractivity contribution is 5.37. The van der Waals surface area contributed by atoms with Crippen LogP contribution in [-0.4, -0.2) is 12.2 Å². The minimum atomic E-state index is -0.780. The lowest BCUT2D eigenvalue weighted by molar-refractivity contribution is 0.0170. The molecule has 20 heavy (non-hydrogen) atoms. The summed E-state index contributed by atoms with van der Waals surface area (Å²) < 4.78 is 5.33. The highest BCUT2D eigenvalue weighted by atomic mass is 16.5. The quantitative estimate of drug-likeness (QED) is 0.906. The van der Waals surface area contributed by atoms with Gasteiger partial charge in [-0.25, -0.2) is 0 Å². The highest BCUT2D eigenvalue weighted by Crippen LogP contribution is 2.49. The summed E-state index contributed by atoms with van der Waals surface area (Å²) in [6, 6.07) is 9.88. The predicted molar refractivity (Wildman–Crippen MR) is 78.2 cm³/mol. The van der Waals surface area contributed by atoms with Crippen LogP contribution in [0.15, 0.2) is 24.3 Å². The molecule has 1 N–H and O–H groups in total. The zero-order valence-corrected chi connectivity index (χ0v) is 12.3. The molecule has 1 aromatic carbocycles. The number of nitriles is 1. The highest BCUT2D eigenvalue weighted by Gasteiger charge is 2.43. The maximum absolute atomic E-state index is 10.8. The molecule has 3 unspecified atom stereocenters. The Kier molecular flexibility index (Phi) is 4.67. The van der Waals surface area contributed by atoms with Crippen molar-refractivity contribution >= 4 is 0 Å². The zero-order chi connectivity index (χ0) is 14.6. The average molecular weight is 273 g/mol. The normalized spacial score (nSPS) is 27.6. The third-order valence-corrected chi connectivity index (χ3v) is 4.65. The number of rotatable bonds is 4. The minimum absolute atomic E-state index is 0.535. The molecule has 2 rings (SSSR count). The fraction of sp³-hybridized carbons (Fsp3) is 0.588. The van der Waals surface area contributed by atoms with Crippen molar-refractivity contribution in [3.8, 4) is 11.8 Å². The van der Waals surface area contributed by atoms with Gasteiger partial charge in [-0.1, -0.05) is 44.4 Å². The van der Waals surface area contributed by atoms with E-state index < -0.39 is 11.5 Å². The van der Waals surface area contributed by atoms with Gasteiger partial charge in [0.25, 0.3) is 0 Å². The Bertz CT molecular complexity index is 494. The van der Waals surface area contributed by atoms with E-state index in [1.807, 2.05) is 24.3 Å². The second-order valence-corrected chi connectivity index (χ2v) is 5.78. The zero-order valence-electron chi connectivity index (χ0n) is 12.3. The van der Waals surface area contributed by atoms with Crippen molar-refractivity contribution in [2.24, 2.45) is 11.3 Å². The molecule has 3 atom stereocenters. The molecule has 0 saturated heterocycles. The van der Waals surface area contributed by atoms with Crippen molar-refractivity contribution in [1.82, 2.24) is 0 Å². The Labute approximate surface area is 121 Å². The summed E-state index contributed by atoms with van der Waals surface area (Å²) in [6.45, 7) is 2.16. The van der Waals surface area contributed by atoms with E-state index in [4.69, 9.17) is 4.74 Å². The molecule has 1 aromatic rings. The molecule has 1 fully saturated rings. The van der Waals surface area contributed by atoms with Crippen LogP contribution in [0.1, 0.15) is 50.7 Å². The molecule has 1 saturated carbocycles. The second kappa shape index (κ2) is 6.28. The van der Waals surface area contributed by atoms with E-state index in [1.54, 1.807) is 7.11 Å². The maximum atomic E-state index is 10.8. The van der Waals surface area contributed by atoms with Gasteiger partial charge >= 0.3 is 0 Å². The van der Waals surface area contributed by atoms with Gasteiger partial charge in [-0.2, -0.15) is 5.26 Å². The Morgan fingerprint density at radius 3 is 2.90 bits per heavy atom. The second-order valence-electron chi connectivity index (χ2n) is 5.78. The van der Waals surface area contributed by atoms with Gasteiger partial charge in [0, 0.05) is 5.56 Å². The monoisotopic (exact) mass is 273 g/mol. The number of methoxy groups -OCH3 is 1. The number of benzene rings is 1. The first-order chi connectivity index (χ1) is 9.66. The largest absolute Gasteiger partial charge is 0.496 e. The Balaban J connectivity index is 2.33. The summed E-state index contributed by atoms with van der Waals surface area (Å²) in [5.41, 5.74) is 0.0569. The van der Waals surface area contributed by atoms with E-state index in [0.717, 1.165) is 31.2 Å². The summed E-state index contributed by atoms with van der Waals surface area (Å²) in [5, 5.41) is 20.5. The summed E-state index contributed by atoms with van der Waals surface area (Å²) in [6.07, 6.45) is 4.01. The molecule has 1 aliphatic carbocycles. The van der Waals surface area contributed by atoms with Crippen molar-refractivity contribution < 1.29 is 9.84 Å². The van der Waals surface area contributed by atoms with Gasteiger partial charge in [0.2, 0.25) is 0 Å². The molecule has 0 aromatic heterocycles. The van der Waals surface area contributed by atoms with E-state index >= 15 is 0 Å². The third kappa shape index (κ3) is 2.66. The average Bonchev–Trinajstić information content (AvgIpc) is 2.53. The van der Waals surface area contributed by atoms with Gasteiger partial charge < -0.3 is 9.84 Å².